The van der Waals surface area contributed by atoms with Crippen LogP contribution in [0.4, 0.5) is 0 Å². The van der Waals surface area contributed by atoms with Gasteiger partial charge < -0.3 is 14.6 Å². The number of carbonyl (C=O) groups is 2. The molecule has 0 radical (unpaired) electrons. The van der Waals surface area contributed by atoms with E-state index in [1.807, 2.05) is 6.92 Å². The maximum absolute atomic E-state index is 13.2. The Morgan fingerprint density at radius 2 is 2.10 bits per heavy atom. The van der Waals surface area contributed by atoms with Crippen LogP contribution < -0.4 is 0 Å². The monoisotopic (exact) mass is 412 g/mol. The molecule has 0 aromatic rings. The first-order valence-corrected chi connectivity index (χ1v) is 11.2. The lowest BCUT2D eigenvalue weighted by Gasteiger charge is -2.55. The molecule has 1 heterocycles. The molecule has 4 aliphatic carbocycles. The van der Waals surface area contributed by atoms with Crippen LogP contribution in [-0.4, -0.2) is 40.6 Å². The standard InChI is InChI=1S/C25H32O5/c1-14(2)29-13-20(27)24(28)15(3)10-19-18-7-6-16-11-17(26)8-9-22(16,4)25(18)21(30-25)12-23(19,24)5/h8-9,11,15,18-19,21,28H,1,6-7,10,12-13H2,2-5H3/t15-,18?,19?,21+,22+,23+,24+,25-/m1/s1. The van der Waals surface area contributed by atoms with Crippen LogP contribution in [0.15, 0.2) is 36.1 Å². The van der Waals surface area contributed by atoms with Gasteiger partial charge in [-0.1, -0.05) is 32.1 Å². The normalized spacial score (nSPS) is 50.6. The first-order chi connectivity index (χ1) is 14.0. The first kappa shape index (κ1) is 20.2. The van der Waals surface area contributed by atoms with Gasteiger partial charge in [0.2, 0.25) is 5.78 Å². The van der Waals surface area contributed by atoms with Crippen LogP contribution in [0, 0.1) is 28.6 Å². The largest absolute Gasteiger partial charge is 0.491 e. The fraction of sp³-hybridized carbons (Fsp3) is 0.680. The van der Waals surface area contributed by atoms with Crippen molar-refractivity contribution in [1.29, 1.82) is 0 Å². The lowest BCUT2D eigenvalue weighted by molar-refractivity contribution is -0.166. The molecule has 3 saturated carbocycles. The van der Waals surface area contributed by atoms with Gasteiger partial charge in [0.25, 0.3) is 0 Å². The molecule has 30 heavy (non-hydrogen) atoms. The Hall–Kier alpha value is -1.72. The Balaban J connectivity index is 1.52. The predicted octanol–water partition coefficient (Wildman–Crippen LogP) is 3.52. The number of hydrogen-bond donors (Lipinski definition) is 1. The van der Waals surface area contributed by atoms with E-state index in [0.717, 1.165) is 19.3 Å². The Morgan fingerprint density at radius 3 is 2.80 bits per heavy atom. The van der Waals surface area contributed by atoms with Gasteiger partial charge in [-0.15, -0.1) is 0 Å². The number of allylic oxidation sites excluding steroid dienone is 3. The van der Waals surface area contributed by atoms with Gasteiger partial charge in [0.05, 0.1) is 11.9 Å². The van der Waals surface area contributed by atoms with Crippen LogP contribution in [0.5, 0.6) is 0 Å². The fourth-order valence-electron chi connectivity index (χ4n) is 7.88. The number of fused-ring (bicyclic) bond motifs is 3. The van der Waals surface area contributed by atoms with E-state index in [1.165, 1.54) is 5.57 Å². The van der Waals surface area contributed by atoms with Crippen molar-refractivity contribution < 1.29 is 24.2 Å². The van der Waals surface area contributed by atoms with Gasteiger partial charge in [0.15, 0.2) is 5.78 Å². The Morgan fingerprint density at radius 1 is 1.37 bits per heavy atom. The highest BCUT2D eigenvalue weighted by atomic mass is 16.6. The molecule has 0 aromatic heterocycles. The third-order valence-corrected chi connectivity index (χ3v) is 9.39. The molecular formula is C25H32O5. The highest BCUT2D eigenvalue weighted by Gasteiger charge is 2.81. The Labute approximate surface area is 178 Å². The van der Waals surface area contributed by atoms with Crippen molar-refractivity contribution >= 4 is 11.6 Å². The fourth-order valence-corrected chi connectivity index (χ4v) is 7.88. The topological polar surface area (TPSA) is 76.1 Å². The third-order valence-electron chi connectivity index (χ3n) is 9.39. The van der Waals surface area contributed by atoms with Gasteiger partial charge in [0.1, 0.15) is 17.8 Å². The second-order valence-electron chi connectivity index (χ2n) is 10.7. The summed E-state index contributed by atoms with van der Waals surface area (Å²) in [5.41, 5.74) is -1.42. The number of rotatable bonds is 4. The van der Waals surface area contributed by atoms with Crippen LogP contribution >= 0.6 is 0 Å². The number of ketones is 2. The number of hydrogen-bond acceptors (Lipinski definition) is 5. The number of aliphatic hydroxyl groups is 1. The predicted molar refractivity (Wildman–Crippen MR) is 111 cm³/mol. The number of carbonyl (C=O) groups excluding carboxylic acids is 2. The molecule has 5 heteroatoms. The summed E-state index contributed by atoms with van der Waals surface area (Å²) in [6, 6.07) is 0. The molecule has 5 aliphatic rings. The molecule has 5 nitrogen and oxygen atoms in total. The molecule has 0 amide bonds. The molecule has 1 saturated heterocycles. The summed E-state index contributed by atoms with van der Waals surface area (Å²) >= 11 is 0. The van der Waals surface area contributed by atoms with Crippen molar-refractivity contribution in [2.45, 2.75) is 70.7 Å². The second kappa shape index (κ2) is 5.95. The lowest BCUT2D eigenvalue weighted by Crippen LogP contribution is -2.62. The summed E-state index contributed by atoms with van der Waals surface area (Å²) in [4.78, 5) is 25.2. The minimum absolute atomic E-state index is 0.0121. The van der Waals surface area contributed by atoms with Gasteiger partial charge in [-0.25, -0.2) is 0 Å². The van der Waals surface area contributed by atoms with Gasteiger partial charge in [-0.3, -0.25) is 9.59 Å². The summed E-state index contributed by atoms with van der Waals surface area (Å²) in [5.74, 6) is 0.591. The van der Waals surface area contributed by atoms with Crippen molar-refractivity contribution in [1.82, 2.24) is 0 Å². The van der Waals surface area contributed by atoms with Gasteiger partial charge in [0, 0.05) is 10.8 Å². The van der Waals surface area contributed by atoms with E-state index < -0.39 is 11.0 Å². The first-order valence-electron chi connectivity index (χ1n) is 11.2. The molecule has 0 aromatic carbocycles. The zero-order valence-electron chi connectivity index (χ0n) is 18.4. The smallest absolute Gasteiger partial charge is 0.202 e. The molecule has 5 rings (SSSR count). The summed E-state index contributed by atoms with van der Waals surface area (Å²) in [5, 5.41) is 11.9. The highest BCUT2D eigenvalue weighted by molar-refractivity contribution is 6.01. The quantitative estimate of drug-likeness (QED) is 0.565. The van der Waals surface area contributed by atoms with E-state index in [9.17, 15) is 14.7 Å². The maximum Gasteiger partial charge on any atom is 0.202 e. The average molecular weight is 413 g/mol. The van der Waals surface area contributed by atoms with E-state index in [2.05, 4.69) is 26.5 Å². The zero-order chi connectivity index (χ0) is 21.7. The van der Waals surface area contributed by atoms with Crippen molar-refractivity contribution in [3.05, 3.63) is 36.1 Å². The van der Waals surface area contributed by atoms with Crippen LogP contribution in [0.1, 0.15) is 53.4 Å². The lowest BCUT2D eigenvalue weighted by atomic mass is 9.46. The van der Waals surface area contributed by atoms with Crippen molar-refractivity contribution in [3.63, 3.8) is 0 Å². The van der Waals surface area contributed by atoms with E-state index in [0.29, 0.717) is 12.2 Å². The molecule has 0 bridgehead atoms. The molecule has 4 fully saturated rings. The summed E-state index contributed by atoms with van der Waals surface area (Å²) in [6.07, 6.45) is 8.75. The minimum atomic E-state index is -1.43. The average Bonchev–Trinajstić information content (AvgIpc) is 3.36. The molecular weight excluding hydrogens is 380 g/mol. The molecule has 2 unspecified atom stereocenters. The molecule has 8 atom stereocenters. The molecule has 1 N–H and O–H groups in total. The summed E-state index contributed by atoms with van der Waals surface area (Å²) < 4.78 is 11.9. The van der Waals surface area contributed by atoms with E-state index in [4.69, 9.17) is 9.47 Å². The van der Waals surface area contributed by atoms with Crippen LogP contribution in [0.2, 0.25) is 0 Å². The third kappa shape index (κ3) is 2.16. The van der Waals surface area contributed by atoms with Crippen molar-refractivity contribution in [3.8, 4) is 0 Å². The maximum atomic E-state index is 13.2. The highest BCUT2D eigenvalue weighted by Crippen LogP contribution is 2.76. The van der Waals surface area contributed by atoms with Crippen LogP contribution in [0.3, 0.4) is 0 Å². The minimum Gasteiger partial charge on any atom is -0.491 e. The Bertz CT molecular complexity index is 916. The van der Waals surface area contributed by atoms with E-state index in [1.54, 1.807) is 19.1 Å². The Kier molecular flexibility index (Phi) is 4.00. The summed E-state index contributed by atoms with van der Waals surface area (Å²) in [6.45, 7) is 11.6. The molecule has 162 valence electrons. The number of epoxide rings is 1. The SMILES string of the molecule is C=C(C)OCC(=O)[C@@]1(O)[C@H](C)CC2C3CCC4=CC(=O)C=C[C@]4(C)[C@@]34O[C@H]4C[C@@]21C. The molecule has 1 spiro atoms. The van der Waals surface area contributed by atoms with Crippen molar-refractivity contribution in [2.75, 3.05) is 6.61 Å². The zero-order valence-corrected chi connectivity index (χ0v) is 18.4. The molecule has 1 aliphatic heterocycles. The van der Waals surface area contributed by atoms with Gasteiger partial charge in [-0.2, -0.15) is 0 Å². The van der Waals surface area contributed by atoms with Crippen LogP contribution in [-0.2, 0) is 19.1 Å². The number of Topliss-reactive ketones (excluding diaryl/α,β-unsaturated/α-hetero) is 1. The van der Waals surface area contributed by atoms with Gasteiger partial charge in [-0.05, 0) is 69.4 Å². The van der Waals surface area contributed by atoms with Gasteiger partial charge >= 0.3 is 0 Å². The van der Waals surface area contributed by atoms with E-state index >= 15 is 0 Å². The van der Waals surface area contributed by atoms with Crippen LogP contribution in [0.25, 0.3) is 0 Å². The summed E-state index contributed by atoms with van der Waals surface area (Å²) in [7, 11) is 0. The van der Waals surface area contributed by atoms with Crippen molar-refractivity contribution in [2.24, 2.45) is 28.6 Å². The van der Waals surface area contributed by atoms with E-state index in [-0.39, 0.29) is 53.0 Å². The second-order valence-corrected chi connectivity index (χ2v) is 10.7. The number of ether oxygens (including phenoxy) is 2.